The van der Waals surface area contributed by atoms with Crippen molar-refractivity contribution in [3.63, 3.8) is 0 Å². The number of benzene rings is 2. The maximum Gasteiger partial charge on any atom is 0.269 e. The molecule has 3 heterocycles. The van der Waals surface area contributed by atoms with E-state index in [0.29, 0.717) is 15.7 Å². The van der Waals surface area contributed by atoms with Crippen LogP contribution in [0.15, 0.2) is 60.0 Å². The third kappa shape index (κ3) is 3.97. The number of carbonyl (C=O) groups excluding carboxylic acids is 1. The molecule has 3 N–H and O–H groups in total. The van der Waals surface area contributed by atoms with Crippen LogP contribution in [-0.4, -0.2) is 15.9 Å². The number of amides is 1. The van der Waals surface area contributed by atoms with Crippen molar-refractivity contribution in [1.29, 1.82) is 0 Å². The van der Waals surface area contributed by atoms with Crippen LogP contribution in [0.25, 0.3) is 32.2 Å². The van der Waals surface area contributed by atoms with Gasteiger partial charge in [-0.25, -0.2) is 9.97 Å². The predicted octanol–water partition coefficient (Wildman–Crippen LogP) is 6.75. The van der Waals surface area contributed by atoms with Crippen LogP contribution in [0.4, 0.5) is 10.8 Å². The van der Waals surface area contributed by atoms with Gasteiger partial charge in [0.25, 0.3) is 5.91 Å². The molecule has 2 aromatic carbocycles. The molecule has 3 aromatic heterocycles. The molecule has 5 rings (SSSR count). The number of pyridine rings is 1. The van der Waals surface area contributed by atoms with Crippen molar-refractivity contribution in [2.75, 3.05) is 11.1 Å². The molecule has 5 aromatic rings. The van der Waals surface area contributed by atoms with Crippen LogP contribution >= 0.6 is 22.7 Å². The summed E-state index contributed by atoms with van der Waals surface area (Å²) in [7, 11) is 0. The van der Waals surface area contributed by atoms with Crippen molar-refractivity contribution >= 4 is 60.4 Å². The van der Waals surface area contributed by atoms with Gasteiger partial charge in [0.1, 0.15) is 9.71 Å². The number of nitrogens with two attached hydrogens (primary N) is 1. The number of nitrogens with one attached hydrogen (secondary N) is 1. The Kier molecular flexibility index (Phi) is 5.59. The first kappa shape index (κ1) is 20.6. The first-order valence-corrected chi connectivity index (χ1v) is 12.3. The first-order valence-electron chi connectivity index (χ1n) is 10.6. The molecule has 0 saturated carbocycles. The zero-order valence-electron chi connectivity index (χ0n) is 17.6. The van der Waals surface area contributed by atoms with Crippen LogP contribution in [0.5, 0.6) is 0 Å². The molecule has 0 bridgehead atoms. The lowest BCUT2D eigenvalue weighted by molar-refractivity contribution is 0.103. The minimum atomic E-state index is -0.250. The van der Waals surface area contributed by atoms with Gasteiger partial charge in [-0.2, -0.15) is 0 Å². The molecule has 0 fully saturated rings. The Morgan fingerprint density at radius 3 is 2.75 bits per heavy atom. The van der Waals surface area contributed by atoms with Crippen LogP contribution in [0.1, 0.15) is 35.1 Å². The summed E-state index contributed by atoms with van der Waals surface area (Å²) in [6.07, 6.45) is 3.15. The van der Waals surface area contributed by atoms with Gasteiger partial charge < -0.3 is 5.73 Å². The highest BCUT2D eigenvalue weighted by Crippen LogP contribution is 2.34. The van der Waals surface area contributed by atoms with Crippen molar-refractivity contribution < 1.29 is 4.79 Å². The van der Waals surface area contributed by atoms with Gasteiger partial charge in [0.05, 0.1) is 11.4 Å². The van der Waals surface area contributed by atoms with Crippen molar-refractivity contribution in [2.24, 2.45) is 0 Å². The van der Waals surface area contributed by atoms with E-state index in [9.17, 15) is 4.79 Å². The second-order valence-electron chi connectivity index (χ2n) is 7.66. The number of aromatic nitrogens is 2. The van der Waals surface area contributed by atoms with Gasteiger partial charge in [-0.15, -0.1) is 22.7 Å². The maximum absolute atomic E-state index is 12.9. The lowest BCUT2D eigenvalue weighted by atomic mass is 10.1. The highest BCUT2D eigenvalue weighted by Gasteiger charge is 2.19. The van der Waals surface area contributed by atoms with Crippen LogP contribution in [-0.2, 0) is 6.42 Å². The largest absolute Gasteiger partial charge is 0.397 e. The molecular weight excluding hydrogens is 436 g/mol. The van der Waals surface area contributed by atoms with E-state index in [4.69, 9.17) is 10.7 Å². The van der Waals surface area contributed by atoms with Crippen LogP contribution in [0, 0.1) is 0 Å². The van der Waals surface area contributed by atoms with Gasteiger partial charge in [0.15, 0.2) is 5.13 Å². The molecule has 0 aliphatic rings. The standard InChI is InChI=1S/C25H22N4OS2/c1-2-3-8-18-11-12-19-21(26)22(32-24(19)27-18)23(30)29-25-28-20(14-31-25)17-10-9-15-6-4-5-7-16(15)13-17/h4-7,9-14H,2-3,8,26H2,1H3,(H,28,29,30). The molecule has 0 unspecified atom stereocenters. The number of thiazole rings is 1. The van der Waals surface area contributed by atoms with E-state index < -0.39 is 0 Å². The zero-order chi connectivity index (χ0) is 22.1. The Balaban J connectivity index is 1.37. The molecule has 0 aliphatic carbocycles. The molecule has 0 saturated heterocycles. The van der Waals surface area contributed by atoms with E-state index in [2.05, 4.69) is 47.6 Å². The minimum Gasteiger partial charge on any atom is -0.397 e. The maximum atomic E-state index is 12.9. The number of unbranched alkanes of at least 4 members (excludes halogenated alkanes) is 1. The number of hydrogen-bond donors (Lipinski definition) is 2. The molecule has 1 amide bonds. The third-order valence-electron chi connectivity index (χ3n) is 5.41. The fourth-order valence-electron chi connectivity index (χ4n) is 3.67. The number of hydrogen-bond acceptors (Lipinski definition) is 6. The quantitative estimate of drug-likeness (QED) is 0.295. The summed E-state index contributed by atoms with van der Waals surface area (Å²) in [5.74, 6) is -0.250. The second-order valence-corrected chi connectivity index (χ2v) is 9.51. The van der Waals surface area contributed by atoms with E-state index >= 15 is 0 Å². The molecule has 32 heavy (non-hydrogen) atoms. The fraction of sp³-hybridized carbons (Fsp3) is 0.160. The monoisotopic (exact) mass is 458 g/mol. The molecule has 160 valence electrons. The number of nitrogen functional groups attached to an aromatic ring is 1. The number of rotatable bonds is 6. The minimum absolute atomic E-state index is 0.250. The van der Waals surface area contributed by atoms with E-state index in [-0.39, 0.29) is 5.91 Å². The average Bonchev–Trinajstić information content (AvgIpc) is 3.41. The van der Waals surface area contributed by atoms with Crippen LogP contribution in [0.3, 0.4) is 0 Å². The van der Waals surface area contributed by atoms with Gasteiger partial charge in [-0.05, 0) is 41.8 Å². The molecule has 0 radical (unpaired) electrons. The zero-order valence-corrected chi connectivity index (χ0v) is 19.2. The molecule has 0 atom stereocenters. The highest BCUT2D eigenvalue weighted by molar-refractivity contribution is 7.21. The second kappa shape index (κ2) is 8.68. The third-order valence-corrected chi connectivity index (χ3v) is 7.29. The normalized spacial score (nSPS) is 11.3. The van der Waals surface area contributed by atoms with Gasteiger partial charge in [-0.1, -0.05) is 49.7 Å². The summed E-state index contributed by atoms with van der Waals surface area (Å²) in [6, 6.07) is 18.4. The van der Waals surface area contributed by atoms with Crippen molar-refractivity contribution in [1.82, 2.24) is 9.97 Å². The van der Waals surface area contributed by atoms with E-state index in [1.807, 2.05) is 29.6 Å². The Labute approximate surface area is 194 Å². The van der Waals surface area contributed by atoms with Gasteiger partial charge in [-0.3, -0.25) is 10.1 Å². The summed E-state index contributed by atoms with van der Waals surface area (Å²) >= 11 is 2.73. The lowest BCUT2D eigenvalue weighted by Crippen LogP contribution is -2.11. The molecular formula is C25H22N4OS2. The summed E-state index contributed by atoms with van der Waals surface area (Å²) in [5, 5.41) is 8.59. The van der Waals surface area contributed by atoms with Crippen LogP contribution < -0.4 is 11.1 Å². The highest BCUT2D eigenvalue weighted by atomic mass is 32.1. The van der Waals surface area contributed by atoms with Gasteiger partial charge >= 0.3 is 0 Å². The SMILES string of the molecule is CCCCc1ccc2c(N)c(C(=O)Nc3nc(-c4ccc5ccccc5c4)cs3)sc2n1. The number of aryl methyl sites for hydroxylation is 1. The summed E-state index contributed by atoms with van der Waals surface area (Å²) in [5.41, 5.74) is 9.65. The van der Waals surface area contributed by atoms with Crippen molar-refractivity contribution in [3.8, 4) is 11.3 Å². The van der Waals surface area contributed by atoms with Crippen molar-refractivity contribution in [2.45, 2.75) is 26.2 Å². The molecule has 7 heteroatoms. The number of nitrogens with zero attached hydrogens (tertiary/aromatic N) is 2. The Morgan fingerprint density at radius 2 is 1.91 bits per heavy atom. The van der Waals surface area contributed by atoms with E-state index in [0.717, 1.165) is 51.8 Å². The number of anilines is 2. The molecule has 5 nitrogen and oxygen atoms in total. The predicted molar refractivity (Wildman–Crippen MR) is 136 cm³/mol. The topological polar surface area (TPSA) is 80.9 Å². The fourth-order valence-corrected chi connectivity index (χ4v) is 5.39. The summed E-state index contributed by atoms with van der Waals surface area (Å²) in [4.78, 5) is 23.5. The van der Waals surface area contributed by atoms with E-state index in [1.54, 1.807) is 0 Å². The van der Waals surface area contributed by atoms with Crippen molar-refractivity contribution in [3.05, 3.63) is 70.5 Å². The number of thiophene rings is 1. The van der Waals surface area contributed by atoms with Gasteiger partial charge in [0.2, 0.25) is 0 Å². The Morgan fingerprint density at radius 1 is 1.06 bits per heavy atom. The summed E-state index contributed by atoms with van der Waals surface area (Å²) < 4.78 is 0. The first-order chi connectivity index (χ1) is 15.6. The van der Waals surface area contributed by atoms with Gasteiger partial charge in [0, 0.05) is 22.0 Å². The lowest BCUT2D eigenvalue weighted by Gasteiger charge is -2.02. The smallest absolute Gasteiger partial charge is 0.269 e. The Hall–Kier alpha value is -3.29. The number of fused-ring (bicyclic) bond motifs is 2. The van der Waals surface area contributed by atoms with E-state index in [1.165, 1.54) is 28.1 Å². The summed E-state index contributed by atoms with van der Waals surface area (Å²) in [6.45, 7) is 2.16. The molecule has 0 aliphatic heterocycles. The number of carbonyl (C=O) groups is 1. The Bertz CT molecular complexity index is 1440. The van der Waals surface area contributed by atoms with Crippen LogP contribution in [0.2, 0.25) is 0 Å². The molecule has 0 spiro atoms. The average molecular weight is 459 g/mol.